The molecular formula is C14H22FNO. The van der Waals surface area contributed by atoms with E-state index in [4.69, 9.17) is 4.74 Å². The summed E-state index contributed by atoms with van der Waals surface area (Å²) in [5.41, 5.74) is 0.654. The fraction of sp³-hybridized carbons (Fsp3) is 0.571. The van der Waals surface area contributed by atoms with E-state index in [0.29, 0.717) is 11.3 Å². The zero-order chi connectivity index (χ0) is 13.1. The van der Waals surface area contributed by atoms with Crippen LogP contribution in [0, 0.1) is 11.2 Å². The highest BCUT2D eigenvalue weighted by Gasteiger charge is 2.30. The maximum Gasteiger partial charge on any atom is 0.169 e. The summed E-state index contributed by atoms with van der Waals surface area (Å²) in [5, 5.41) is 3.21. The molecule has 0 aromatic heterocycles. The molecule has 3 heteroatoms. The fourth-order valence-electron chi connectivity index (χ4n) is 2.08. The summed E-state index contributed by atoms with van der Waals surface area (Å²) in [4.78, 5) is 0. The van der Waals surface area contributed by atoms with Crippen LogP contribution in [-0.2, 0) is 0 Å². The van der Waals surface area contributed by atoms with E-state index in [9.17, 15) is 4.39 Å². The number of nitrogens with one attached hydrogen (secondary N) is 1. The molecule has 0 saturated heterocycles. The third kappa shape index (κ3) is 2.78. The first-order valence-electron chi connectivity index (χ1n) is 5.97. The first-order chi connectivity index (χ1) is 7.97. The van der Waals surface area contributed by atoms with Crippen molar-refractivity contribution in [1.82, 2.24) is 5.32 Å². The van der Waals surface area contributed by atoms with Gasteiger partial charge >= 0.3 is 0 Å². The van der Waals surface area contributed by atoms with Gasteiger partial charge in [0.25, 0.3) is 0 Å². The summed E-state index contributed by atoms with van der Waals surface area (Å²) in [6.45, 7) is 6.38. The maximum atomic E-state index is 14.2. The van der Waals surface area contributed by atoms with Crippen molar-refractivity contribution < 1.29 is 9.13 Å². The second kappa shape index (κ2) is 5.50. The minimum atomic E-state index is -0.268. The molecular weight excluding hydrogens is 217 g/mol. The zero-order valence-corrected chi connectivity index (χ0v) is 11.3. The Hall–Kier alpha value is -1.09. The van der Waals surface area contributed by atoms with E-state index in [0.717, 1.165) is 6.42 Å². The molecule has 0 fully saturated rings. The Bertz CT molecular complexity index is 376. The molecule has 17 heavy (non-hydrogen) atoms. The molecule has 0 spiro atoms. The summed E-state index contributed by atoms with van der Waals surface area (Å²) in [6, 6.07) is 5.26. The molecule has 0 saturated carbocycles. The number of rotatable bonds is 5. The molecule has 0 bridgehead atoms. The van der Waals surface area contributed by atoms with Gasteiger partial charge in [-0.15, -0.1) is 0 Å². The van der Waals surface area contributed by atoms with Gasteiger partial charge in [-0.2, -0.15) is 0 Å². The Labute approximate surface area is 103 Å². The Morgan fingerprint density at radius 2 is 2.06 bits per heavy atom. The van der Waals surface area contributed by atoms with Crippen LogP contribution in [0.15, 0.2) is 18.2 Å². The van der Waals surface area contributed by atoms with Crippen molar-refractivity contribution in [2.45, 2.75) is 33.2 Å². The van der Waals surface area contributed by atoms with Crippen molar-refractivity contribution in [1.29, 1.82) is 0 Å². The number of halogens is 1. The van der Waals surface area contributed by atoms with Gasteiger partial charge in [-0.1, -0.05) is 32.9 Å². The van der Waals surface area contributed by atoms with Crippen molar-refractivity contribution in [2.75, 3.05) is 14.2 Å². The van der Waals surface area contributed by atoms with Crippen LogP contribution in [0.4, 0.5) is 4.39 Å². The highest BCUT2D eigenvalue weighted by atomic mass is 19.1. The fourth-order valence-corrected chi connectivity index (χ4v) is 2.08. The average molecular weight is 239 g/mol. The molecule has 0 aliphatic carbocycles. The lowest BCUT2D eigenvalue weighted by Gasteiger charge is -2.34. The minimum Gasteiger partial charge on any atom is -0.494 e. The van der Waals surface area contributed by atoms with Crippen molar-refractivity contribution in [3.8, 4) is 5.75 Å². The Morgan fingerprint density at radius 1 is 1.41 bits per heavy atom. The molecule has 1 N–H and O–H groups in total. The zero-order valence-electron chi connectivity index (χ0n) is 11.3. The smallest absolute Gasteiger partial charge is 0.169 e. The second-order valence-corrected chi connectivity index (χ2v) is 4.93. The molecule has 1 unspecified atom stereocenters. The van der Waals surface area contributed by atoms with Crippen LogP contribution in [0.1, 0.15) is 38.8 Å². The van der Waals surface area contributed by atoms with E-state index in [1.54, 1.807) is 6.07 Å². The van der Waals surface area contributed by atoms with Crippen molar-refractivity contribution >= 4 is 0 Å². The highest BCUT2D eigenvalue weighted by molar-refractivity contribution is 5.33. The van der Waals surface area contributed by atoms with E-state index < -0.39 is 0 Å². The first-order valence-corrected chi connectivity index (χ1v) is 5.97. The quantitative estimate of drug-likeness (QED) is 0.848. The summed E-state index contributed by atoms with van der Waals surface area (Å²) in [6.07, 6.45) is 0.967. The van der Waals surface area contributed by atoms with E-state index in [-0.39, 0.29) is 17.3 Å². The standard InChI is InChI=1S/C14H22FNO/c1-6-14(2,3)13(16-4)10-8-7-9-11(17-5)12(10)15/h7-9,13,16H,6H2,1-5H3. The summed E-state index contributed by atoms with van der Waals surface area (Å²) in [5.74, 6) is 0.0329. The van der Waals surface area contributed by atoms with Crippen molar-refractivity contribution in [2.24, 2.45) is 5.41 Å². The Kier molecular flexibility index (Phi) is 4.52. The van der Waals surface area contributed by atoms with Crippen LogP contribution in [-0.4, -0.2) is 14.2 Å². The monoisotopic (exact) mass is 239 g/mol. The summed E-state index contributed by atoms with van der Waals surface area (Å²) < 4.78 is 19.2. The third-order valence-corrected chi connectivity index (χ3v) is 3.51. The molecule has 0 radical (unpaired) electrons. The Balaban J connectivity index is 3.21. The van der Waals surface area contributed by atoms with E-state index in [1.165, 1.54) is 7.11 Å². The van der Waals surface area contributed by atoms with Crippen LogP contribution < -0.4 is 10.1 Å². The molecule has 1 aromatic carbocycles. The topological polar surface area (TPSA) is 21.3 Å². The molecule has 0 heterocycles. The largest absolute Gasteiger partial charge is 0.494 e. The van der Waals surface area contributed by atoms with Gasteiger partial charge < -0.3 is 10.1 Å². The predicted molar refractivity (Wildman–Crippen MR) is 68.8 cm³/mol. The summed E-state index contributed by atoms with van der Waals surface area (Å²) in [7, 11) is 3.35. The van der Waals surface area contributed by atoms with E-state index in [1.807, 2.05) is 19.2 Å². The lowest BCUT2D eigenvalue weighted by Crippen LogP contribution is -2.32. The molecule has 0 aliphatic heterocycles. The molecule has 2 nitrogen and oxygen atoms in total. The molecule has 1 atom stereocenters. The van der Waals surface area contributed by atoms with Gasteiger partial charge in [0.05, 0.1) is 7.11 Å². The summed E-state index contributed by atoms with van der Waals surface area (Å²) >= 11 is 0. The SMILES string of the molecule is CCC(C)(C)C(NC)c1cccc(OC)c1F. The second-order valence-electron chi connectivity index (χ2n) is 4.93. The number of hydrogen-bond donors (Lipinski definition) is 1. The van der Waals surface area contributed by atoms with Gasteiger partial charge in [0.2, 0.25) is 0 Å². The highest BCUT2D eigenvalue weighted by Crippen LogP contribution is 2.38. The van der Waals surface area contributed by atoms with Crippen LogP contribution in [0.5, 0.6) is 5.75 Å². The number of methoxy groups -OCH3 is 1. The van der Waals surface area contributed by atoms with Crippen molar-refractivity contribution in [3.63, 3.8) is 0 Å². The van der Waals surface area contributed by atoms with Gasteiger partial charge in [-0.25, -0.2) is 4.39 Å². The molecule has 96 valence electrons. The number of ether oxygens (including phenoxy) is 1. The number of benzene rings is 1. The lowest BCUT2D eigenvalue weighted by molar-refractivity contribution is 0.238. The lowest BCUT2D eigenvalue weighted by atomic mass is 9.78. The van der Waals surface area contributed by atoms with Crippen molar-refractivity contribution in [3.05, 3.63) is 29.6 Å². The van der Waals surface area contributed by atoms with Gasteiger partial charge in [-0.3, -0.25) is 0 Å². The molecule has 0 aliphatic rings. The van der Waals surface area contributed by atoms with Crippen LogP contribution >= 0.6 is 0 Å². The minimum absolute atomic E-state index is 0.0119. The van der Waals surface area contributed by atoms with Gasteiger partial charge in [0.1, 0.15) is 0 Å². The predicted octanol–water partition coefficient (Wildman–Crippen LogP) is 3.53. The van der Waals surface area contributed by atoms with Crippen LogP contribution in [0.25, 0.3) is 0 Å². The Morgan fingerprint density at radius 3 is 2.53 bits per heavy atom. The van der Waals surface area contributed by atoms with Crippen LogP contribution in [0.2, 0.25) is 0 Å². The number of hydrogen-bond acceptors (Lipinski definition) is 2. The van der Waals surface area contributed by atoms with Gasteiger partial charge in [0, 0.05) is 11.6 Å². The normalized spacial score (nSPS) is 13.5. The molecule has 1 aromatic rings. The van der Waals surface area contributed by atoms with Gasteiger partial charge in [0.15, 0.2) is 11.6 Å². The van der Waals surface area contributed by atoms with E-state index in [2.05, 4.69) is 26.1 Å². The van der Waals surface area contributed by atoms with Gasteiger partial charge in [-0.05, 0) is 24.9 Å². The molecule has 0 amide bonds. The maximum absolute atomic E-state index is 14.2. The molecule has 1 rings (SSSR count). The van der Waals surface area contributed by atoms with Crippen LogP contribution in [0.3, 0.4) is 0 Å². The van der Waals surface area contributed by atoms with E-state index >= 15 is 0 Å². The average Bonchev–Trinajstić information content (AvgIpc) is 2.32. The third-order valence-electron chi connectivity index (χ3n) is 3.51. The first kappa shape index (κ1) is 14.0.